The number of hydrogen-bond acceptors (Lipinski definition) is 4. The fraction of sp³-hybridized carbons (Fsp3) is 0.429. The minimum absolute atomic E-state index is 0.257. The summed E-state index contributed by atoms with van der Waals surface area (Å²) in [7, 11) is 1.63. The predicted octanol–water partition coefficient (Wildman–Crippen LogP) is 2.03. The minimum Gasteiger partial charge on any atom is -0.497 e. The van der Waals surface area contributed by atoms with Gasteiger partial charge in [-0.15, -0.1) is 0 Å². The Morgan fingerprint density at radius 2 is 1.89 bits per heavy atom. The molecule has 0 bridgehead atoms. The van der Waals surface area contributed by atoms with Gasteiger partial charge in [0.2, 0.25) is 0 Å². The predicted molar refractivity (Wildman–Crippen MR) is 63.1 cm³/mol. The van der Waals surface area contributed by atoms with E-state index in [-0.39, 0.29) is 17.9 Å². The van der Waals surface area contributed by atoms with Gasteiger partial charge in [-0.1, -0.05) is 12.1 Å². The van der Waals surface area contributed by atoms with Crippen LogP contribution in [0.15, 0.2) is 24.3 Å². The molecule has 1 aromatic rings. The molecule has 0 N–H and O–H groups in total. The molecule has 0 aromatic heterocycles. The van der Waals surface area contributed by atoms with Crippen molar-refractivity contribution in [2.45, 2.75) is 25.2 Å². The van der Waals surface area contributed by atoms with Gasteiger partial charge in [0, 0.05) is 0 Å². The largest absolute Gasteiger partial charge is 0.497 e. The van der Waals surface area contributed by atoms with E-state index >= 15 is 0 Å². The number of methoxy groups -OCH3 is 1. The highest BCUT2D eigenvalue weighted by atomic mass is 16.6. The number of esters is 2. The Morgan fingerprint density at radius 3 is 2.39 bits per heavy atom. The smallest absolute Gasteiger partial charge is 0.331 e. The molecule has 1 aromatic carbocycles. The lowest BCUT2D eigenvalue weighted by atomic mass is 9.80. The van der Waals surface area contributed by atoms with Crippen LogP contribution in [0.2, 0.25) is 0 Å². The quantitative estimate of drug-likeness (QED) is 0.592. The van der Waals surface area contributed by atoms with Crippen LogP contribution in [0.25, 0.3) is 0 Å². The van der Waals surface area contributed by atoms with Gasteiger partial charge in [0.05, 0.1) is 7.11 Å². The lowest BCUT2D eigenvalue weighted by Crippen LogP contribution is -2.51. The van der Waals surface area contributed by atoms with Gasteiger partial charge in [0.15, 0.2) is 5.41 Å². The van der Waals surface area contributed by atoms with Crippen molar-refractivity contribution in [3.05, 3.63) is 29.8 Å². The summed E-state index contributed by atoms with van der Waals surface area (Å²) in [6.45, 7) is 0. The second-order valence-electron chi connectivity index (χ2n) is 4.97. The Labute approximate surface area is 105 Å². The molecule has 1 saturated carbocycles. The first-order valence-corrected chi connectivity index (χ1v) is 6.06. The molecule has 0 radical (unpaired) electrons. The molecule has 1 saturated heterocycles. The first-order chi connectivity index (χ1) is 8.65. The molecule has 4 nitrogen and oxygen atoms in total. The molecule has 2 fully saturated rings. The van der Waals surface area contributed by atoms with Crippen LogP contribution in [-0.2, 0) is 14.3 Å². The fourth-order valence-corrected chi connectivity index (χ4v) is 2.89. The zero-order valence-corrected chi connectivity index (χ0v) is 10.1. The molecule has 94 valence electrons. The van der Waals surface area contributed by atoms with Crippen LogP contribution in [0.4, 0.5) is 0 Å². The number of rotatable bonds is 2. The maximum Gasteiger partial charge on any atom is 0.331 e. The standard InChI is InChI=1S/C14H14O4/c1-17-11-4-2-9(3-5-11)10-6-7-14(8-10)12(15)18-13(14)16/h2-5,10H,6-8H2,1H3. The van der Waals surface area contributed by atoms with Gasteiger partial charge in [-0.05, 0) is 42.9 Å². The van der Waals surface area contributed by atoms with E-state index in [9.17, 15) is 9.59 Å². The Kier molecular flexibility index (Phi) is 2.40. The van der Waals surface area contributed by atoms with E-state index in [1.54, 1.807) is 7.11 Å². The Bertz CT molecular complexity index is 489. The number of carbonyl (C=O) groups is 2. The van der Waals surface area contributed by atoms with E-state index in [1.807, 2.05) is 24.3 Å². The van der Waals surface area contributed by atoms with Crippen molar-refractivity contribution in [3.8, 4) is 5.75 Å². The summed E-state index contributed by atoms with van der Waals surface area (Å²) in [4.78, 5) is 23.0. The van der Waals surface area contributed by atoms with Crippen molar-refractivity contribution in [3.63, 3.8) is 0 Å². The zero-order valence-electron chi connectivity index (χ0n) is 10.1. The van der Waals surface area contributed by atoms with Crippen molar-refractivity contribution in [1.29, 1.82) is 0 Å². The van der Waals surface area contributed by atoms with E-state index in [0.717, 1.165) is 17.7 Å². The van der Waals surface area contributed by atoms with Crippen LogP contribution in [-0.4, -0.2) is 19.0 Å². The van der Waals surface area contributed by atoms with E-state index in [1.165, 1.54) is 0 Å². The number of hydrogen-bond donors (Lipinski definition) is 0. The number of ether oxygens (including phenoxy) is 2. The van der Waals surface area contributed by atoms with Crippen LogP contribution < -0.4 is 4.74 Å². The summed E-state index contributed by atoms with van der Waals surface area (Å²) in [5.74, 6) is 0.380. The van der Waals surface area contributed by atoms with Crippen molar-refractivity contribution < 1.29 is 19.1 Å². The van der Waals surface area contributed by atoms with Crippen molar-refractivity contribution in [2.75, 3.05) is 7.11 Å². The molecular weight excluding hydrogens is 232 g/mol. The third-order valence-corrected chi connectivity index (χ3v) is 4.07. The summed E-state index contributed by atoms with van der Waals surface area (Å²) in [6, 6.07) is 7.80. The summed E-state index contributed by atoms with van der Waals surface area (Å²) in [5.41, 5.74) is 0.324. The maximum atomic E-state index is 11.5. The third kappa shape index (κ3) is 1.45. The number of carbonyl (C=O) groups excluding carboxylic acids is 2. The molecule has 1 heterocycles. The first-order valence-electron chi connectivity index (χ1n) is 6.06. The van der Waals surface area contributed by atoms with Gasteiger partial charge >= 0.3 is 11.9 Å². The van der Waals surface area contributed by atoms with Gasteiger partial charge in [-0.2, -0.15) is 0 Å². The van der Waals surface area contributed by atoms with Crippen molar-refractivity contribution >= 4 is 11.9 Å². The fourth-order valence-electron chi connectivity index (χ4n) is 2.89. The van der Waals surface area contributed by atoms with E-state index in [0.29, 0.717) is 12.8 Å². The summed E-state index contributed by atoms with van der Waals surface area (Å²) >= 11 is 0. The third-order valence-electron chi connectivity index (χ3n) is 4.07. The summed E-state index contributed by atoms with van der Waals surface area (Å²) in [5, 5.41) is 0. The number of cyclic esters (lactones) is 2. The molecule has 2 aliphatic rings. The minimum atomic E-state index is -0.829. The molecule has 0 amide bonds. The van der Waals surface area contributed by atoms with E-state index < -0.39 is 5.41 Å². The van der Waals surface area contributed by atoms with Gasteiger partial charge in [0.1, 0.15) is 5.75 Å². The second-order valence-corrected chi connectivity index (χ2v) is 4.97. The van der Waals surface area contributed by atoms with Crippen LogP contribution in [0, 0.1) is 5.41 Å². The van der Waals surface area contributed by atoms with Gasteiger partial charge in [-0.3, -0.25) is 9.59 Å². The second kappa shape index (κ2) is 3.83. The Balaban J connectivity index is 1.79. The van der Waals surface area contributed by atoms with Crippen LogP contribution in [0.1, 0.15) is 30.7 Å². The molecule has 1 aliphatic carbocycles. The van der Waals surface area contributed by atoms with Crippen LogP contribution >= 0.6 is 0 Å². The summed E-state index contributed by atoms with van der Waals surface area (Å²) in [6.07, 6.45) is 2.05. The van der Waals surface area contributed by atoms with Gasteiger partial charge in [-0.25, -0.2) is 0 Å². The monoisotopic (exact) mass is 246 g/mol. The van der Waals surface area contributed by atoms with Crippen LogP contribution in [0.3, 0.4) is 0 Å². The van der Waals surface area contributed by atoms with E-state index in [2.05, 4.69) is 4.74 Å². The Morgan fingerprint density at radius 1 is 1.22 bits per heavy atom. The Hall–Kier alpha value is -1.84. The average molecular weight is 246 g/mol. The average Bonchev–Trinajstić information content (AvgIpc) is 2.87. The van der Waals surface area contributed by atoms with Gasteiger partial charge < -0.3 is 9.47 Å². The molecular formula is C14H14O4. The highest BCUT2D eigenvalue weighted by Crippen LogP contribution is 2.52. The van der Waals surface area contributed by atoms with Crippen LogP contribution in [0.5, 0.6) is 5.75 Å². The molecule has 1 spiro atoms. The SMILES string of the molecule is COc1ccc(C2CCC3(C2)C(=O)OC3=O)cc1. The van der Waals surface area contributed by atoms with Crippen molar-refractivity contribution in [1.82, 2.24) is 0 Å². The molecule has 1 unspecified atom stereocenters. The molecule has 3 rings (SSSR count). The highest BCUT2D eigenvalue weighted by Gasteiger charge is 2.61. The molecule has 18 heavy (non-hydrogen) atoms. The molecule has 4 heteroatoms. The lowest BCUT2D eigenvalue weighted by molar-refractivity contribution is -0.196. The highest BCUT2D eigenvalue weighted by molar-refractivity contribution is 6.14. The normalized spacial score (nSPS) is 24.8. The molecule has 1 atom stereocenters. The van der Waals surface area contributed by atoms with E-state index in [4.69, 9.17) is 4.74 Å². The number of benzene rings is 1. The summed E-state index contributed by atoms with van der Waals surface area (Å²) < 4.78 is 9.61. The van der Waals surface area contributed by atoms with Gasteiger partial charge in [0.25, 0.3) is 0 Å². The zero-order chi connectivity index (χ0) is 12.8. The topological polar surface area (TPSA) is 52.6 Å². The maximum absolute atomic E-state index is 11.5. The lowest BCUT2D eigenvalue weighted by Gasteiger charge is -2.32. The van der Waals surface area contributed by atoms with Crippen molar-refractivity contribution in [2.24, 2.45) is 5.41 Å². The first kappa shape index (κ1) is 11.3. The molecule has 1 aliphatic heterocycles.